The van der Waals surface area contributed by atoms with Crippen LogP contribution in [-0.2, 0) is 0 Å². The first-order chi connectivity index (χ1) is 22.8. The first-order valence-corrected chi connectivity index (χ1v) is 15.1. The summed E-state index contributed by atoms with van der Waals surface area (Å²) >= 11 is 0. The predicted molar refractivity (Wildman–Crippen MR) is 182 cm³/mol. The van der Waals surface area contributed by atoms with Gasteiger partial charge in [-0.3, -0.25) is 0 Å². The molecule has 0 bridgehead atoms. The molecular formula is C40H24N4O2. The van der Waals surface area contributed by atoms with E-state index >= 15 is 0 Å². The Kier molecular flexibility index (Phi) is 6.03. The molecule has 3 aromatic heterocycles. The average Bonchev–Trinajstić information content (AvgIpc) is 3.73. The number of rotatable bonds is 5. The lowest BCUT2D eigenvalue weighted by Gasteiger charge is -2.08. The van der Waals surface area contributed by atoms with Crippen molar-refractivity contribution in [2.45, 2.75) is 0 Å². The molecule has 0 spiro atoms. The van der Waals surface area contributed by atoms with Gasteiger partial charge in [0.05, 0.1) is 0 Å². The molecule has 216 valence electrons. The number of oxazole rings is 1. The van der Waals surface area contributed by atoms with Crippen LogP contribution in [0.2, 0.25) is 0 Å². The topological polar surface area (TPSA) is 77.8 Å². The number of furan rings is 1. The second-order valence-corrected chi connectivity index (χ2v) is 11.1. The Balaban J connectivity index is 1.16. The summed E-state index contributed by atoms with van der Waals surface area (Å²) in [6.45, 7) is 0. The molecule has 0 unspecified atom stereocenters. The lowest BCUT2D eigenvalue weighted by molar-refractivity contribution is 0.620. The van der Waals surface area contributed by atoms with Crippen molar-refractivity contribution in [3.8, 4) is 56.7 Å². The Labute approximate surface area is 263 Å². The molecule has 0 radical (unpaired) electrons. The van der Waals surface area contributed by atoms with E-state index in [1.165, 1.54) is 0 Å². The van der Waals surface area contributed by atoms with Crippen molar-refractivity contribution in [3.63, 3.8) is 0 Å². The van der Waals surface area contributed by atoms with Gasteiger partial charge in [-0.25, -0.2) is 19.9 Å². The van der Waals surface area contributed by atoms with Gasteiger partial charge < -0.3 is 8.83 Å². The molecule has 6 nitrogen and oxygen atoms in total. The minimum Gasteiger partial charge on any atom is -0.456 e. The number of hydrogen-bond donors (Lipinski definition) is 0. The molecule has 9 rings (SSSR count). The summed E-state index contributed by atoms with van der Waals surface area (Å²) in [5, 5.41) is 2.06. The Bertz CT molecular complexity index is 2460. The van der Waals surface area contributed by atoms with Gasteiger partial charge in [0.2, 0.25) is 5.89 Å². The van der Waals surface area contributed by atoms with Crippen LogP contribution in [0.5, 0.6) is 0 Å². The highest BCUT2D eigenvalue weighted by Gasteiger charge is 2.17. The SMILES string of the molecule is c1ccc(-c2nc(-c3ccccc3)nc(-c3ccc4c(c3)oc3cccc(-c5ccc6oc(-c7ccccc7)nc6c5)c34)n2)cc1. The van der Waals surface area contributed by atoms with Crippen molar-refractivity contribution in [2.75, 3.05) is 0 Å². The smallest absolute Gasteiger partial charge is 0.227 e. The fourth-order valence-electron chi connectivity index (χ4n) is 5.94. The summed E-state index contributed by atoms with van der Waals surface area (Å²) in [6.07, 6.45) is 0. The predicted octanol–water partition coefficient (Wildman–Crippen LogP) is 10.2. The number of nitrogens with zero attached hydrogens (tertiary/aromatic N) is 4. The van der Waals surface area contributed by atoms with E-state index in [9.17, 15) is 0 Å². The van der Waals surface area contributed by atoms with E-state index < -0.39 is 0 Å². The van der Waals surface area contributed by atoms with E-state index in [0.717, 1.165) is 66.4 Å². The molecule has 6 aromatic carbocycles. The summed E-state index contributed by atoms with van der Waals surface area (Å²) in [5.41, 5.74) is 8.88. The largest absolute Gasteiger partial charge is 0.456 e. The summed E-state index contributed by atoms with van der Waals surface area (Å²) < 4.78 is 12.5. The van der Waals surface area contributed by atoms with Crippen molar-refractivity contribution in [1.82, 2.24) is 19.9 Å². The van der Waals surface area contributed by atoms with Crippen LogP contribution in [0.4, 0.5) is 0 Å². The van der Waals surface area contributed by atoms with Crippen molar-refractivity contribution < 1.29 is 8.83 Å². The molecule has 0 fully saturated rings. The van der Waals surface area contributed by atoms with Gasteiger partial charge in [-0.15, -0.1) is 0 Å². The third-order valence-electron chi connectivity index (χ3n) is 8.17. The maximum absolute atomic E-state index is 6.45. The lowest BCUT2D eigenvalue weighted by Crippen LogP contribution is -2.00. The van der Waals surface area contributed by atoms with Crippen LogP contribution in [0.15, 0.2) is 154 Å². The van der Waals surface area contributed by atoms with Gasteiger partial charge in [-0.1, -0.05) is 103 Å². The highest BCUT2D eigenvalue weighted by atomic mass is 16.3. The van der Waals surface area contributed by atoms with Crippen LogP contribution in [0, 0.1) is 0 Å². The second-order valence-electron chi connectivity index (χ2n) is 11.1. The van der Waals surface area contributed by atoms with Crippen molar-refractivity contribution >= 4 is 33.0 Å². The normalized spacial score (nSPS) is 11.5. The molecule has 3 heterocycles. The van der Waals surface area contributed by atoms with Crippen LogP contribution in [0.3, 0.4) is 0 Å². The van der Waals surface area contributed by atoms with E-state index in [2.05, 4.69) is 30.3 Å². The lowest BCUT2D eigenvalue weighted by atomic mass is 9.98. The van der Waals surface area contributed by atoms with Gasteiger partial charge in [-0.05, 0) is 53.6 Å². The Morgan fingerprint density at radius 3 is 1.65 bits per heavy atom. The Morgan fingerprint density at radius 1 is 0.370 bits per heavy atom. The van der Waals surface area contributed by atoms with E-state index in [1.54, 1.807) is 0 Å². The summed E-state index contributed by atoms with van der Waals surface area (Å²) in [6, 6.07) is 48.4. The third kappa shape index (κ3) is 4.52. The van der Waals surface area contributed by atoms with Gasteiger partial charge in [0.15, 0.2) is 23.1 Å². The van der Waals surface area contributed by atoms with Gasteiger partial charge in [-0.2, -0.15) is 0 Å². The van der Waals surface area contributed by atoms with E-state index in [4.69, 9.17) is 28.8 Å². The zero-order chi connectivity index (χ0) is 30.5. The quantitative estimate of drug-likeness (QED) is 0.198. The van der Waals surface area contributed by atoms with Crippen molar-refractivity contribution in [3.05, 3.63) is 146 Å². The van der Waals surface area contributed by atoms with Gasteiger partial charge in [0, 0.05) is 33.0 Å². The van der Waals surface area contributed by atoms with E-state index in [0.29, 0.717) is 23.4 Å². The molecule has 0 aliphatic heterocycles. The fourth-order valence-corrected chi connectivity index (χ4v) is 5.94. The molecule has 0 atom stereocenters. The van der Waals surface area contributed by atoms with E-state index in [-0.39, 0.29) is 0 Å². The molecule has 6 heteroatoms. The highest BCUT2D eigenvalue weighted by molar-refractivity contribution is 6.13. The first-order valence-electron chi connectivity index (χ1n) is 15.1. The maximum Gasteiger partial charge on any atom is 0.227 e. The molecule has 0 saturated carbocycles. The fraction of sp³-hybridized carbons (Fsp3) is 0. The number of aromatic nitrogens is 4. The highest BCUT2D eigenvalue weighted by Crippen LogP contribution is 2.39. The van der Waals surface area contributed by atoms with Crippen molar-refractivity contribution in [1.29, 1.82) is 0 Å². The van der Waals surface area contributed by atoms with Crippen molar-refractivity contribution in [2.24, 2.45) is 0 Å². The Morgan fingerprint density at radius 2 is 0.978 bits per heavy atom. The van der Waals surface area contributed by atoms with Gasteiger partial charge in [0.1, 0.15) is 16.7 Å². The monoisotopic (exact) mass is 592 g/mol. The Hall–Kier alpha value is -6.40. The zero-order valence-corrected chi connectivity index (χ0v) is 24.5. The molecule has 9 aromatic rings. The minimum atomic E-state index is 0.584. The number of fused-ring (bicyclic) bond motifs is 4. The van der Waals surface area contributed by atoms with Gasteiger partial charge >= 0.3 is 0 Å². The molecule has 0 amide bonds. The molecule has 0 aliphatic rings. The standard InChI is InChI=1S/C40H24N4O2/c1-4-11-25(12-5-1)37-42-38(26-13-6-2-7-14-26)44-39(43-37)29-19-21-31-35(24-29)45-34-18-10-17-30(36(31)34)28-20-22-33-32(23-28)41-40(46-33)27-15-8-3-9-16-27/h1-24H. The number of hydrogen-bond acceptors (Lipinski definition) is 6. The van der Waals surface area contributed by atoms with Crippen LogP contribution in [0.25, 0.3) is 89.8 Å². The number of benzene rings is 6. The van der Waals surface area contributed by atoms with Crippen LogP contribution in [0.1, 0.15) is 0 Å². The molecule has 0 saturated heterocycles. The summed E-state index contributed by atoms with van der Waals surface area (Å²) in [7, 11) is 0. The molecule has 46 heavy (non-hydrogen) atoms. The van der Waals surface area contributed by atoms with E-state index in [1.807, 2.05) is 115 Å². The zero-order valence-electron chi connectivity index (χ0n) is 24.5. The summed E-state index contributed by atoms with van der Waals surface area (Å²) in [5.74, 6) is 2.43. The molecular weight excluding hydrogens is 568 g/mol. The second kappa shape index (κ2) is 10.6. The van der Waals surface area contributed by atoms with Gasteiger partial charge in [0.25, 0.3) is 0 Å². The molecule has 0 N–H and O–H groups in total. The minimum absolute atomic E-state index is 0.584. The average molecular weight is 593 g/mol. The van der Waals surface area contributed by atoms with Crippen LogP contribution < -0.4 is 0 Å². The summed E-state index contributed by atoms with van der Waals surface area (Å²) in [4.78, 5) is 19.4. The maximum atomic E-state index is 6.45. The van der Waals surface area contributed by atoms with Crippen LogP contribution in [-0.4, -0.2) is 19.9 Å². The molecule has 0 aliphatic carbocycles. The van der Waals surface area contributed by atoms with Crippen LogP contribution >= 0.6 is 0 Å². The third-order valence-corrected chi connectivity index (χ3v) is 8.17. The first kappa shape index (κ1) is 26.0.